The lowest BCUT2D eigenvalue weighted by atomic mass is 10.1. The minimum absolute atomic E-state index is 0.806. The molecule has 0 saturated carbocycles. The number of pyridine rings is 1. The average molecular weight is 377 g/mol. The lowest BCUT2D eigenvalue weighted by Crippen LogP contribution is -2.11. The van der Waals surface area contributed by atoms with Crippen LogP contribution < -0.4 is 4.80 Å². The number of hydrogen-bond donors (Lipinski definition) is 0. The Labute approximate surface area is 159 Å². The molecule has 0 spiro atoms. The van der Waals surface area contributed by atoms with Crippen LogP contribution >= 0.6 is 22.7 Å². The van der Waals surface area contributed by atoms with Crippen LogP contribution in [-0.4, -0.2) is 15.9 Å². The highest BCUT2D eigenvalue weighted by Crippen LogP contribution is 2.21. The van der Waals surface area contributed by atoms with Crippen molar-refractivity contribution in [3.63, 3.8) is 0 Å². The van der Waals surface area contributed by atoms with Gasteiger partial charge in [0.05, 0.1) is 23.8 Å². The summed E-state index contributed by atoms with van der Waals surface area (Å²) in [5.41, 5.74) is 5.25. The number of aryl methyl sites for hydroxylation is 1. The van der Waals surface area contributed by atoms with Crippen molar-refractivity contribution in [2.75, 3.05) is 0 Å². The predicted octanol–water partition coefficient (Wildman–Crippen LogP) is 5.10. The van der Waals surface area contributed by atoms with Gasteiger partial charge in [0.1, 0.15) is 0 Å². The maximum absolute atomic E-state index is 4.71. The molecule has 0 N–H and O–H groups in total. The van der Waals surface area contributed by atoms with Crippen molar-refractivity contribution >= 4 is 34.6 Å². The van der Waals surface area contributed by atoms with Gasteiger partial charge in [-0.15, -0.1) is 11.3 Å². The quantitative estimate of drug-likeness (QED) is 0.457. The van der Waals surface area contributed by atoms with Gasteiger partial charge in [-0.25, -0.2) is 9.67 Å². The van der Waals surface area contributed by atoms with Gasteiger partial charge in [0.15, 0.2) is 0 Å². The Morgan fingerprint density at radius 1 is 1.08 bits per heavy atom. The lowest BCUT2D eigenvalue weighted by Gasteiger charge is -2.04. The highest BCUT2D eigenvalue weighted by Gasteiger charge is 2.07. The summed E-state index contributed by atoms with van der Waals surface area (Å²) >= 11 is 3.22. The van der Waals surface area contributed by atoms with Crippen LogP contribution in [0.15, 0.2) is 81.1 Å². The van der Waals surface area contributed by atoms with Crippen LogP contribution in [0.25, 0.3) is 11.3 Å². The van der Waals surface area contributed by atoms with Crippen molar-refractivity contribution in [2.45, 2.75) is 6.92 Å². The summed E-state index contributed by atoms with van der Waals surface area (Å²) in [6.07, 6.45) is 5.36. The van der Waals surface area contributed by atoms with Gasteiger partial charge in [-0.05, 0) is 35.9 Å². The third kappa shape index (κ3) is 3.71. The van der Waals surface area contributed by atoms with Crippen LogP contribution in [0, 0.1) is 6.92 Å². The first-order valence-corrected chi connectivity index (χ1v) is 9.91. The second-order valence-corrected chi connectivity index (χ2v) is 7.32. The number of benzene rings is 1. The molecule has 0 radical (unpaired) electrons. The first-order chi connectivity index (χ1) is 12.8. The number of aromatic nitrogens is 2. The second kappa shape index (κ2) is 7.59. The number of hydrogen-bond acceptors (Lipinski definition) is 5. The van der Waals surface area contributed by atoms with Crippen molar-refractivity contribution in [3.05, 3.63) is 86.9 Å². The zero-order chi connectivity index (χ0) is 17.8. The van der Waals surface area contributed by atoms with Crippen LogP contribution in [0.5, 0.6) is 0 Å². The van der Waals surface area contributed by atoms with E-state index in [4.69, 9.17) is 10.1 Å². The van der Waals surface area contributed by atoms with Crippen LogP contribution in [0.3, 0.4) is 0 Å². The standard InChI is InChI=1S/C20H16N4S2/c1-15-4-6-17(7-5-15)19-14-26-20(23-18-3-2-9-21-12-18)24(19)22-11-16-8-10-25-13-16/h2-14H,1H3. The molecule has 4 aromatic rings. The van der Waals surface area contributed by atoms with Crippen molar-refractivity contribution in [2.24, 2.45) is 10.1 Å². The van der Waals surface area contributed by atoms with Crippen molar-refractivity contribution in [1.29, 1.82) is 0 Å². The number of rotatable bonds is 4. The van der Waals surface area contributed by atoms with E-state index in [0.717, 1.165) is 27.3 Å². The summed E-state index contributed by atoms with van der Waals surface area (Å²) < 4.78 is 1.89. The summed E-state index contributed by atoms with van der Waals surface area (Å²) in [4.78, 5) is 9.65. The molecule has 4 rings (SSSR count). The van der Waals surface area contributed by atoms with Gasteiger partial charge >= 0.3 is 0 Å². The molecule has 0 fully saturated rings. The van der Waals surface area contributed by atoms with Gasteiger partial charge in [-0.1, -0.05) is 29.8 Å². The molecule has 128 valence electrons. The van der Waals surface area contributed by atoms with E-state index in [1.165, 1.54) is 5.56 Å². The van der Waals surface area contributed by atoms with E-state index in [2.05, 4.69) is 46.9 Å². The Hall–Kier alpha value is -2.83. The molecule has 3 aromatic heterocycles. The summed E-state index contributed by atoms with van der Waals surface area (Å²) in [6.45, 7) is 2.09. The molecule has 0 unspecified atom stereocenters. The molecule has 0 aliphatic heterocycles. The highest BCUT2D eigenvalue weighted by molar-refractivity contribution is 7.08. The Bertz CT molecular complexity index is 1070. The Kier molecular flexibility index (Phi) is 4.86. The lowest BCUT2D eigenvalue weighted by molar-refractivity contribution is 0.854. The minimum atomic E-state index is 0.806. The second-order valence-electron chi connectivity index (χ2n) is 5.71. The van der Waals surface area contributed by atoms with Gasteiger partial charge in [0, 0.05) is 22.7 Å². The smallest absolute Gasteiger partial charge is 0.211 e. The molecule has 26 heavy (non-hydrogen) atoms. The van der Waals surface area contributed by atoms with E-state index in [1.807, 2.05) is 34.5 Å². The maximum atomic E-state index is 4.71. The molecule has 0 aliphatic carbocycles. The van der Waals surface area contributed by atoms with Crippen molar-refractivity contribution in [3.8, 4) is 11.3 Å². The van der Waals surface area contributed by atoms with E-state index in [0.29, 0.717) is 0 Å². The number of nitrogens with zero attached hydrogens (tertiary/aromatic N) is 4. The average Bonchev–Trinajstić information content (AvgIpc) is 3.32. The SMILES string of the molecule is Cc1ccc(-c2csc(=Nc3cccnc3)n2N=Cc2ccsc2)cc1. The summed E-state index contributed by atoms with van der Waals surface area (Å²) in [7, 11) is 0. The number of thiazole rings is 1. The van der Waals surface area contributed by atoms with Crippen molar-refractivity contribution < 1.29 is 0 Å². The third-order valence-corrected chi connectivity index (χ3v) is 5.29. The fraction of sp³-hybridized carbons (Fsp3) is 0.0500. The van der Waals surface area contributed by atoms with E-state index in [-0.39, 0.29) is 0 Å². The maximum Gasteiger partial charge on any atom is 0.211 e. The number of thiophene rings is 1. The van der Waals surface area contributed by atoms with E-state index < -0.39 is 0 Å². The summed E-state index contributed by atoms with van der Waals surface area (Å²) in [5, 5.41) is 10.9. The van der Waals surface area contributed by atoms with Gasteiger partial charge in [0.25, 0.3) is 0 Å². The Morgan fingerprint density at radius 3 is 2.69 bits per heavy atom. The molecule has 1 aromatic carbocycles. The highest BCUT2D eigenvalue weighted by atomic mass is 32.1. The predicted molar refractivity (Wildman–Crippen MR) is 109 cm³/mol. The first-order valence-electron chi connectivity index (χ1n) is 8.08. The minimum Gasteiger partial charge on any atom is -0.262 e. The van der Waals surface area contributed by atoms with Gasteiger partial charge < -0.3 is 0 Å². The van der Waals surface area contributed by atoms with E-state index >= 15 is 0 Å². The molecular weight excluding hydrogens is 360 g/mol. The molecule has 6 heteroatoms. The summed E-state index contributed by atoms with van der Waals surface area (Å²) in [5.74, 6) is 0. The summed E-state index contributed by atoms with van der Waals surface area (Å²) in [6, 6.07) is 14.3. The van der Waals surface area contributed by atoms with Gasteiger partial charge in [0.2, 0.25) is 4.80 Å². The molecular formula is C20H16N4S2. The molecule has 0 atom stereocenters. The van der Waals surface area contributed by atoms with E-state index in [1.54, 1.807) is 35.1 Å². The fourth-order valence-corrected chi connectivity index (χ4v) is 3.88. The van der Waals surface area contributed by atoms with Crippen LogP contribution in [0.2, 0.25) is 0 Å². The monoisotopic (exact) mass is 376 g/mol. The Morgan fingerprint density at radius 2 is 1.96 bits per heavy atom. The normalized spacial score (nSPS) is 12.1. The van der Waals surface area contributed by atoms with E-state index in [9.17, 15) is 0 Å². The molecule has 0 saturated heterocycles. The molecule has 4 nitrogen and oxygen atoms in total. The van der Waals surface area contributed by atoms with Gasteiger partial charge in [-0.3, -0.25) is 4.98 Å². The Balaban J connectivity index is 1.84. The van der Waals surface area contributed by atoms with Crippen LogP contribution in [0.4, 0.5) is 5.69 Å². The molecule has 0 bridgehead atoms. The topological polar surface area (TPSA) is 42.5 Å². The van der Waals surface area contributed by atoms with Crippen LogP contribution in [-0.2, 0) is 0 Å². The zero-order valence-corrected chi connectivity index (χ0v) is 15.7. The van der Waals surface area contributed by atoms with Crippen molar-refractivity contribution in [1.82, 2.24) is 9.66 Å². The third-order valence-electron chi connectivity index (χ3n) is 3.77. The van der Waals surface area contributed by atoms with Gasteiger partial charge in [-0.2, -0.15) is 16.4 Å². The van der Waals surface area contributed by atoms with Crippen LogP contribution in [0.1, 0.15) is 11.1 Å². The largest absolute Gasteiger partial charge is 0.262 e. The first kappa shape index (κ1) is 16.6. The fourth-order valence-electron chi connectivity index (χ4n) is 2.41. The molecule has 0 amide bonds. The molecule has 0 aliphatic rings. The molecule has 3 heterocycles. The zero-order valence-electron chi connectivity index (χ0n) is 14.1.